The fourth-order valence-electron chi connectivity index (χ4n) is 4.82. The first kappa shape index (κ1) is 24.1. The lowest BCUT2D eigenvalue weighted by Gasteiger charge is -2.20. The lowest BCUT2D eigenvalue weighted by molar-refractivity contribution is -0.115. The van der Waals surface area contributed by atoms with Crippen molar-refractivity contribution in [1.29, 1.82) is 0 Å². The van der Waals surface area contributed by atoms with E-state index in [1.807, 2.05) is 30.6 Å². The Bertz CT molecular complexity index is 1730. The molecule has 2 heterocycles. The lowest BCUT2D eigenvalue weighted by atomic mass is 10.0. The van der Waals surface area contributed by atoms with E-state index in [1.54, 1.807) is 11.1 Å². The van der Waals surface area contributed by atoms with E-state index in [-0.39, 0.29) is 5.91 Å². The molecule has 5 aromatic rings. The highest BCUT2D eigenvalue weighted by atomic mass is 32.2. The van der Waals surface area contributed by atoms with E-state index < -0.39 is 0 Å². The van der Waals surface area contributed by atoms with Crippen LogP contribution in [0.5, 0.6) is 0 Å². The molecule has 0 N–H and O–H groups in total. The van der Waals surface area contributed by atoms with Crippen LogP contribution in [0.4, 0.5) is 5.69 Å². The molecule has 0 bridgehead atoms. The fourth-order valence-corrected chi connectivity index (χ4v) is 5.63. The molecule has 1 fully saturated rings. The Labute approximate surface area is 225 Å². The summed E-state index contributed by atoms with van der Waals surface area (Å²) in [5.74, 6) is 0.681. The topological polar surface area (TPSA) is 62.9 Å². The molecule has 6 rings (SSSR count). The van der Waals surface area contributed by atoms with Crippen molar-refractivity contribution in [1.82, 2.24) is 9.55 Å². The minimum atomic E-state index is 0.0249. The number of carbonyl (C=O) groups excluding carboxylic acids is 1. The highest BCUT2D eigenvalue weighted by molar-refractivity contribution is 8.15. The molecular formula is C31H27N5OS. The molecule has 1 aliphatic rings. The molecule has 0 aliphatic carbocycles. The summed E-state index contributed by atoms with van der Waals surface area (Å²) in [6.45, 7) is 6.34. The number of aryl methyl sites for hydroxylation is 1. The molecule has 0 radical (unpaired) electrons. The van der Waals surface area contributed by atoms with Gasteiger partial charge in [0.1, 0.15) is 6.33 Å². The maximum absolute atomic E-state index is 12.7. The van der Waals surface area contributed by atoms with Crippen LogP contribution in [0.25, 0.3) is 27.5 Å². The van der Waals surface area contributed by atoms with Gasteiger partial charge in [-0.1, -0.05) is 79.7 Å². The molecule has 1 aliphatic heterocycles. The number of benzene rings is 4. The average Bonchev–Trinajstić information content (AvgIpc) is 3.52. The van der Waals surface area contributed by atoms with Crippen molar-refractivity contribution in [2.24, 2.45) is 10.2 Å². The molecule has 1 aromatic heterocycles. The van der Waals surface area contributed by atoms with Gasteiger partial charge in [-0.05, 0) is 59.7 Å². The van der Waals surface area contributed by atoms with Crippen LogP contribution < -0.4 is 4.90 Å². The Morgan fingerprint density at radius 2 is 1.82 bits per heavy atom. The molecular weight excluding hydrogens is 490 g/mol. The zero-order valence-corrected chi connectivity index (χ0v) is 22.3. The first-order chi connectivity index (χ1) is 18.5. The molecule has 38 heavy (non-hydrogen) atoms. The third-order valence-electron chi connectivity index (χ3n) is 6.78. The van der Waals surface area contributed by atoms with Crippen molar-refractivity contribution >= 4 is 56.5 Å². The normalized spacial score (nSPS) is 15.2. The van der Waals surface area contributed by atoms with Gasteiger partial charge in [-0.15, -0.1) is 5.10 Å². The molecule has 6 nitrogen and oxygen atoms in total. The van der Waals surface area contributed by atoms with Gasteiger partial charge >= 0.3 is 0 Å². The molecule has 0 saturated carbocycles. The van der Waals surface area contributed by atoms with E-state index in [2.05, 4.69) is 90.1 Å². The number of nitrogens with zero attached hydrogens (tertiary/aromatic N) is 5. The summed E-state index contributed by atoms with van der Waals surface area (Å²) in [7, 11) is 0. The Morgan fingerprint density at radius 1 is 1.00 bits per heavy atom. The van der Waals surface area contributed by atoms with Gasteiger partial charge < -0.3 is 0 Å². The summed E-state index contributed by atoms with van der Waals surface area (Å²) in [5, 5.41) is 11.6. The van der Waals surface area contributed by atoms with Gasteiger partial charge in [0, 0.05) is 11.1 Å². The van der Waals surface area contributed by atoms with Crippen LogP contribution in [-0.2, 0) is 4.79 Å². The first-order valence-corrected chi connectivity index (χ1v) is 13.6. The lowest BCUT2D eigenvalue weighted by Crippen LogP contribution is -2.30. The van der Waals surface area contributed by atoms with Crippen molar-refractivity contribution in [2.45, 2.75) is 26.7 Å². The SMILES string of the molecule is Cc1ccc(-n2cnc3c4ccc(/C=N/N=C5\SCC(=O)N5c5ccccc5C(C)C)cc4ccc32)cc1. The predicted molar refractivity (Wildman–Crippen MR) is 159 cm³/mol. The van der Waals surface area contributed by atoms with E-state index in [4.69, 9.17) is 4.98 Å². The van der Waals surface area contributed by atoms with E-state index in [1.165, 1.54) is 17.3 Å². The fraction of sp³-hybridized carbons (Fsp3) is 0.161. The van der Waals surface area contributed by atoms with E-state index in [0.717, 1.165) is 44.3 Å². The zero-order valence-electron chi connectivity index (χ0n) is 21.5. The summed E-state index contributed by atoms with van der Waals surface area (Å²) < 4.78 is 2.11. The summed E-state index contributed by atoms with van der Waals surface area (Å²) in [4.78, 5) is 19.1. The van der Waals surface area contributed by atoms with Gasteiger partial charge in [-0.25, -0.2) is 4.98 Å². The number of aromatic nitrogens is 2. The standard InChI is InChI=1S/C31H27N5OS/c1-20(2)25-6-4-5-7-27(25)36-29(37)18-38-31(36)34-33-17-22-10-14-26-23(16-22)11-15-28-30(26)32-19-35(28)24-12-8-21(3)9-13-24/h4-17,19-20H,18H2,1-3H3/b33-17+,34-31-. The average molecular weight is 518 g/mol. The van der Waals surface area contributed by atoms with Crippen LogP contribution in [-0.4, -0.2) is 32.6 Å². The van der Waals surface area contributed by atoms with Crippen LogP contribution >= 0.6 is 11.8 Å². The van der Waals surface area contributed by atoms with Gasteiger partial charge in [-0.3, -0.25) is 14.3 Å². The number of carbonyl (C=O) groups is 1. The summed E-state index contributed by atoms with van der Waals surface area (Å²) in [6, 6.07) is 26.8. The van der Waals surface area contributed by atoms with Crippen molar-refractivity contribution < 1.29 is 4.79 Å². The van der Waals surface area contributed by atoms with E-state index in [9.17, 15) is 4.79 Å². The largest absolute Gasteiger partial charge is 0.299 e. The molecule has 188 valence electrons. The molecule has 0 spiro atoms. The molecule has 1 saturated heterocycles. The number of para-hydroxylation sites is 1. The van der Waals surface area contributed by atoms with Crippen molar-refractivity contribution in [3.05, 3.63) is 102 Å². The Balaban J connectivity index is 1.29. The molecule has 7 heteroatoms. The molecule has 4 aromatic carbocycles. The van der Waals surface area contributed by atoms with Crippen LogP contribution in [0.2, 0.25) is 0 Å². The minimum absolute atomic E-state index is 0.0249. The zero-order chi connectivity index (χ0) is 26.2. The van der Waals surface area contributed by atoms with Gasteiger partial charge in [0.15, 0.2) is 5.17 Å². The summed E-state index contributed by atoms with van der Waals surface area (Å²) in [5.41, 5.74) is 7.29. The van der Waals surface area contributed by atoms with Gasteiger partial charge in [0.25, 0.3) is 0 Å². The Hall–Kier alpha value is -4.23. The number of anilines is 1. The summed E-state index contributed by atoms with van der Waals surface area (Å²) >= 11 is 1.42. The third-order valence-corrected chi connectivity index (χ3v) is 7.70. The second kappa shape index (κ2) is 9.91. The second-order valence-corrected chi connectivity index (χ2v) is 10.7. The predicted octanol–water partition coefficient (Wildman–Crippen LogP) is 7.08. The van der Waals surface area contributed by atoms with Crippen molar-refractivity contribution in [3.63, 3.8) is 0 Å². The van der Waals surface area contributed by atoms with Crippen LogP contribution in [0.15, 0.2) is 95.4 Å². The number of thioether (sulfide) groups is 1. The van der Waals surface area contributed by atoms with E-state index >= 15 is 0 Å². The van der Waals surface area contributed by atoms with Crippen molar-refractivity contribution in [3.8, 4) is 5.69 Å². The minimum Gasteiger partial charge on any atom is -0.299 e. The quantitative estimate of drug-likeness (QED) is 0.185. The molecule has 0 unspecified atom stereocenters. The summed E-state index contributed by atoms with van der Waals surface area (Å²) in [6.07, 6.45) is 3.61. The highest BCUT2D eigenvalue weighted by Crippen LogP contribution is 2.33. The maximum Gasteiger partial charge on any atom is 0.243 e. The number of fused-ring (bicyclic) bond motifs is 3. The Morgan fingerprint density at radius 3 is 2.63 bits per heavy atom. The number of amides is 1. The maximum atomic E-state index is 12.7. The Kier molecular flexibility index (Phi) is 6.29. The number of amidine groups is 1. The highest BCUT2D eigenvalue weighted by Gasteiger charge is 2.31. The second-order valence-electron chi connectivity index (χ2n) is 9.72. The van der Waals surface area contributed by atoms with Crippen molar-refractivity contribution in [2.75, 3.05) is 10.7 Å². The number of hydrogen-bond acceptors (Lipinski definition) is 5. The number of rotatable bonds is 5. The number of hydrogen-bond donors (Lipinski definition) is 0. The van der Waals surface area contributed by atoms with Gasteiger partial charge in [0.2, 0.25) is 5.91 Å². The number of imidazole rings is 1. The van der Waals surface area contributed by atoms with E-state index in [0.29, 0.717) is 16.8 Å². The first-order valence-electron chi connectivity index (χ1n) is 12.6. The smallest absolute Gasteiger partial charge is 0.243 e. The van der Waals surface area contributed by atoms with Gasteiger partial charge in [0.05, 0.1) is 28.7 Å². The van der Waals surface area contributed by atoms with Crippen LogP contribution in [0, 0.1) is 6.92 Å². The van der Waals surface area contributed by atoms with Crippen LogP contribution in [0.1, 0.15) is 36.5 Å². The van der Waals surface area contributed by atoms with Gasteiger partial charge in [-0.2, -0.15) is 5.10 Å². The van der Waals surface area contributed by atoms with Crippen LogP contribution in [0.3, 0.4) is 0 Å². The molecule has 0 atom stereocenters. The monoisotopic (exact) mass is 517 g/mol. The molecule has 1 amide bonds. The third kappa shape index (κ3) is 4.39.